The number of nitrogens with zero attached hydrogens (tertiary/aromatic N) is 3. The van der Waals surface area contributed by atoms with Gasteiger partial charge >= 0.3 is 18.2 Å². The summed E-state index contributed by atoms with van der Waals surface area (Å²) in [5, 5.41) is 11.9. The number of esters is 1. The molecule has 5 unspecified atom stereocenters. The van der Waals surface area contributed by atoms with E-state index in [9.17, 15) is 38.4 Å². The fourth-order valence-electron chi connectivity index (χ4n) is 8.85. The molecular weight excluding hydrogens is 971 g/mol. The zero-order valence-corrected chi connectivity index (χ0v) is 46.7. The second-order valence-corrected chi connectivity index (χ2v) is 22.9. The number of fused-ring (bicyclic) bond motifs is 1. The fourth-order valence-corrected chi connectivity index (χ4v) is 8.85. The Morgan fingerprint density at radius 3 is 1.76 bits per heavy atom. The monoisotopic (exact) mass is 1050 g/mol. The first-order valence-electron chi connectivity index (χ1n) is 25.9. The van der Waals surface area contributed by atoms with Crippen molar-refractivity contribution in [2.45, 2.75) is 162 Å². The Kier molecular flexibility index (Phi) is 19.7. The minimum Gasteiger partial charge on any atom is -0.467 e. The smallest absolute Gasteiger partial charge is 0.410 e. The average molecular weight is 1050 g/mol. The van der Waals surface area contributed by atoms with Gasteiger partial charge in [-0.05, 0) is 126 Å². The van der Waals surface area contributed by atoms with Crippen LogP contribution >= 0.6 is 0 Å². The van der Waals surface area contributed by atoms with E-state index >= 15 is 0 Å². The maximum absolute atomic E-state index is 14.8. The Labute approximate surface area is 448 Å². The van der Waals surface area contributed by atoms with Gasteiger partial charge in [0.25, 0.3) is 5.91 Å². The van der Waals surface area contributed by atoms with Crippen LogP contribution in [0.5, 0.6) is 0 Å². The van der Waals surface area contributed by atoms with E-state index in [1.165, 1.54) is 37.9 Å². The molecular formula is C58H79N7O11. The summed E-state index contributed by atoms with van der Waals surface area (Å²) < 4.78 is 15.8. The lowest BCUT2D eigenvalue weighted by atomic mass is 9.85. The molecule has 2 aliphatic rings. The van der Waals surface area contributed by atoms with Crippen molar-refractivity contribution < 1.29 is 52.6 Å². The SMILES string of the molecule is COC(=O)C(Cc1ccc(/C=C/c2ccc(C(=O)NC3CC(C(=O)NC4CCCc5ccccc54)N(C(=O)C(NC(=O)[C@H](C)N(C)C(=O)OC(C)(C)C)C(C)(C)C)C3)cc2)cc1)NC(=O)[C@H](C)N(C)C(=O)OC(C)(C)C. The standard InChI is InChI=1S/C58H79N7O11/c1-35(63(12)54(72)75-57(6,7)8)48(66)61-45(53(71)74-14)32-39-26-24-37(25-27-39)22-23-38-28-30-41(31-29-38)50(68)59-42-33-46(51(69)60-44-21-17-19-40-18-15-16-20-43(40)44)65(34-42)52(70)47(56(3,4)5)62-49(67)36(2)64(13)55(73)76-58(9,10)11/h15-16,18,20,22-31,35-36,42,44-47H,17,19,21,32-34H2,1-14H3,(H,59,68)(H,60,69)(H,61,66)(H,62,67)/b23-22+/t35-,36-,42?,44?,45?,46?,47?/m0/s1. The van der Waals surface area contributed by atoms with Gasteiger partial charge in [-0.15, -0.1) is 0 Å². The van der Waals surface area contributed by atoms with Crippen molar-refractivity contribution in [2.75, 3.05) is 27.7 Å². The van der Waals surface area contributed by atoms with Crippen molar-refractivity contribution >= 4 is 59.8 Å². The third-order valence-corrected chi connectivity index (χ3v) is 13.5. The van der Waals surface area contributed by atoms with Gasteiger partial charge in [0, 0.05) is 38.7 Å². The van der Waals surface area contributed by atoms with E-state index in [1.54, 1.807) is 72.7 Å². The topological polar surface area (TPSA) is 222 Å². The molecule has 1 aliphatic carbocycles. The van der Waals surface area contributed by atoms with E-state index in [1.807, 2.05) is 75.4 Å². The highest BCUT2D eigenvalue weighted by Gasteiger charge is 2.46. The van der Waals surface area contributed by atoms with Gasteiger partial charge in [0.1, 0.15) is 41.4 Å². The summed E-state index contributed by atoms with van der Waals surface area (Å²) in [5.41, 5.74) is 2.59. The molecule has 0 bridgehead atoms. The molecule has 0 aromatic heterocycles. The first kappa shape index (κ1) is 59.6. The molecule has 5 rings (SSSR count). The molecule has 18 nitrogen and oxygen atoms in total. The summed E-state index contributed by atoms with van der Waals surface area (Å²) in [5.74, 6) is -3.02. The molecule has 1 heterocycles. The summed E-state index contributed by atoms with van der Waals surface area (Å²) in [7, 11) is 4.14. The number of nitrogens with one attached hydrogen (secondary N) is 4. The second kappa shape index (κ2) is 25.1. The molecule has 3 aromatic rings. The van der Waals surface area contributed by atoms with E-state index in [0.29, 0.717) is 5.56 Å². The van der Waals surface area contributed by atoms with Crippen molar-refractivity contribution in [1.29, 1.82) is 0 Å². The molecule has 412 valence electrons. The molecule has 7 atom stereocenters. The molecule has 1 fully saturated rings. The summed E-state index contributed by atoms with van der Waals surface area (Å²) in [6, 6.07) is 16.5. The first-order chi connectivity index (χ1) is 35.5. The van der Waals surface area contributed by atoms with Crippen molar-refractivity contribution in [2.24, 2.45) is 5.41 Å². The van der Waals surface area contributed by atoms with Gasteiger partial charge in [-0.25, -0.2) is 14.4 Å². The fraction of sp³-hybridized carbons (Fsp3) is 0.517. The zero-order chi connectivity index (χ0) is 56.4. The van der Waals surface area contributed by atoms with Crippen LogP contribution in [0.25, 0.3) is 12.2 Å². The average Bonchev–Trinajstić information content (AvgIpc) is 3.78. The number of likely N-dealkylation sites (tertiary alicyclic amines) is 1. The summed E-state index contributed by atoms with van der Waals surface area (Å²) in [6.07, 6.45) is 5.18. The Hall–Kier alpha value is -7.24. The van der Waals surface area contributed by atoms with Crippen LogP contribution < -0.4 is 21.3 Å². The molecule has 0 spiro atoms. The van der Waals surface area contributed by atoms with Gasteiger partial charge in [-0.1, -0.05) is 93.6 Å². The lowest BCUT2D eigenvalue weighted by molar-refractivity contribution is -0.145. The van der Waals surface area contributed by atoms with E-state index in [4.69, 9.17) is 14.2 Å². The Balaban J connectivity index is 1.26. The van der Waals surface area contributed by atoms with Crippen LogP contribution in [0.15, 0.2) is 72.8 Å². The van der Waals surface area contributed by atoms with Gasteiger partial charge in [-0.3, -0.25) is 33.8 Å². The molecule has 76 heavy (non-hydrogen) atoms. The van der Waals surface area contributed by atoms with Crippen LogP contribution in [-0.2, 0) is 51.0 Å². The van der Waals surface area contributed by atoms with Crippen LogP contribution in [-0.4, -0.2) is 138 Å². The second-order valence-electron chi connectivity index (χ2n) is 22.9. The number of rotatable bonds is 16. The third kappa shape index (κ3) is 16.4. The molecule has 1 aliphatic heterocycles. The van der Waals surface area contributed by atoms with Crippen LogP contribution in [0.4, 0.5) is 9.59 Å². The van der Waals surface area contributed by atoms with Crippen molar-refractivity contribution in [3.8, 4) is 0 Å². The number of hydrogen-bond donors (Lipinski definition) is 4. The Morgan fingerprint density at radius 1 is 0.711 bits per heavy atom. The number of methoxy groups -OCH3 is 1. The molecule has 7 amide bonds. The largest absolute Gasteiger partial charge is 0.467 e. The molecule has 18 heteroatoms. The molecule has 3 aromatic carbocycles. The molecule has 0 saturated carbocycles. The van der Waals surface area contributed by atoms with Crippen LogP contribution in [0, 0.1) is 5.41 Å². The molecule has 1 saturated heterocycles. The summed E-state index contributed by atoms with van der Waals surface area (Å²) >= 11 is 0. The first-order valence-corrected chi connectivity index (χ1v) is 25.9. The van der Waals surface area contributed by atoms with Gasteiger partial charge < -0.3 is 40.4 Å². The highest BCUT2D eigenvalue weighted by atomic mass is 16.6. The quantitative estimate of drug-likeness (QED) is 0.0650. The van der Waals surface area contributed by atoms with Crippen molar-refractivity contribution in [3.63, 3.8) is 0 Å². The Bertz CT molecular complexity index is 2610. The predicted octanol–water partition coefficient (Wildman–Crippen LogP) is 6.99. The van der Waals surface area contributed by atoms with E-state index in [0.717, 1.165) is 52.0 Å². The minimum atomic E-state index is -1.11. The number of hydrogen-bond acceptors (Lipinski definition) is 11. The van der Waals surface area contributed by atoms with Crippen molar-refractivity contribution in [1.82, 2.24) is 36.0 Å². The highest BCUT2D eigenvalue weighted by molar-refractivity contribution is 5.97. The summed E-state index contributed by atoms with van der Waals surface area (Å²) in [6.45, 7) is 18.9. The minimum absolute atomic E-state index is 0.00394. The number of likely N-dealkylation sites (N-methyl/N-ethyl adjacent to an activating group) is 2. The van der Waals surface area contributed by atoms with E-state index in [-0.39, 0.29) is 31.3 Å². The normalized spacial score (nSPS) is 18.2. The molecule has 0 radical (unpaired) electrons. The maximum Gasteiger partial charge on any atom is 0.410 e. The number of carbonyl (C=O) groups is 8. The van der Waals surface area contributed by atoms with E-state index < -0.39 is 94.7 Å². The van der Waals surface area contributed by atoms with Crippen LogP contribution in [0.2, 0.25) is 0 Å². The van der Waals surface area contributed by atoms with E-state index in [2.05, 4.69) is 27.3 Å². The van der Waals surface area contributed by atoms with Crippen LogP contribution in [0.3, 0.4) is 0 Å². The predicted molar refractivity (Wildman–Crippen MR) is 289 cm³/mol. The zero-order valence-electron chi connectivity index (χ0n) is 46.7. The van der Waals surface area contributed by atoms with Gasteiger partial charge in [0.15, 0.2) is 0 Å². The Morgan fingerprint density at radius 2 is 1.24 bits per heavy atom. The number of ether oxygens (including phenoxy) is 3. The lowest BCUT2D eigenvalue weighted by Crippen LogP contribution is -2.60. The number of amides is 7. The number of benzene rings is 3. The van der Waals surface area contributed by atoms with Crippen molar-refractivity contribution in [3.05, 3.63) is 106 Å². The maximum atomic E-state index is 14.8. The molecule has 4 N–H and O–H groups in total. The number of aryl methyl sites for hydroxylation is 1. The van der Waals surface area contributed by atoms with Gasteiger partial charge in [0.2, 0.25) is 23.6 Å². The van der Waals surface area contributed by atoms with Gasteiger partial charge in [-0.2, -0.15) is 0 Å². The lowest BCUT2D eigenvalue weighted by Gasteiger charge is -2.37. The van der Waals surface area contributed by atoms with Crippen LogP contribution in [0.1, 0.15) is 140 Å². The summed E-state index contributed by atoms with van der Waals surface area (Å²) in [4.78, 5) is 112. The third-order valence-electron chi connectivity index (χ3n) is 13.5. The number of carbonyl (C=O) groups excluding carboxylic acids is 8. The van der Waals surface area contributed by atoms with Gasteiger partial charge in [0.05, 0.1) is 13.2 Å². The highest BCUT2D eigenvalue weighted by Crippen LogP contribution is 2.32.